The van der Waals surface area contributed by atoms with E-state index >= 15 is 0 Å². The van der Waals surface area contributed by atoms with Crippen LogP contribution >= 0.6 is 0 Å². The van der Waals surface area contributed by atoms with Gasteiger partial charge >= 0.3 is 0 Å². The van der Waals surface area contributed by atoms with Crippen LogP contribution in [-0.2, 0) is 6.54 Å². The highest BCUT2D eigenvalue weighted by molar-refractivity contribution is 5.36. The smallest absolute Gasteiger partial charge is 0.160 e. The van der Waals surface area contributed by atoms with Gasteiger partial charge in [-0.3, -0.25) is 4.40 Å². The van der Waals surface area contributed by atoms with E-state index in [1.165, 1.54) is 19.3 Å². The lowest BCUT2D eigenvalue weighted by atomic mass is 9.63. The summed E-state index contributed by atoms with van der Waals surface area (Å²) >= 11 is 0. The quantitative estimate of drug-likeness (QED) is 0.940. The fourth-order valence-corrected chi connectivity index (χ4v) is 4.24. The van der Waals surface area contributed by atoms with Crippen molar-refractivity contribution < 1.29 is 0 Å². The maximum absolute atomic E-state index is 4.30. The molecule has 0 spiro atoms. The van der Waals surface area contributed by atoms with Crippen LogP contribution in [0.5, 0.6) is 0 Å². The number of hydrogen-bond acceptors (Lipinski definition) is 3. The maximum atomic E-state index is 4.30. The van der Waals surface area contributed by atoms with Crippen molar-refractivity contribution in [2.24, 2.45) is 10.8 Å². The number of nitrogens with zero attached hydrogens (tertiary/aromatic N) is 3. The molecular weight excluding hydrogens is 260 g/mol. The third-order valence-electron chi connectivity index (χ3n) is 4.49. The van der Waals surface area contributed by atoms with E-state index < -0.39 is 0 Å². The van der Waals surface area contributed by atoms with Gasteiger partial charge in [-0.05, 0) is 42.2 Å². The highest BCUT2D eigenvalue weighted by Gasteiger charge is 2.38. The summed E-state index contributed by atoms with van der Waals surface area (Å²) in [6, 6.07) is 6.56. The first-order valence-corrected chi connectivity index (χ1v) is 7.87. The first-order chi connectivity index (χ1) is 9.85. The van der Waals surface area contributed by atoms with Crippen molar-refractivity contribution in [3.8, 4) is 0 Å². The maximum Gasteiger partial charge on any atom is 0.160 e. The van der Waals surface area contributed by atoms with Crippen molar-refractivity contribution in [1.82, 2.24) is 19.9 Å². The Hall–Kier alpha value is -1.42. The predicted octanol–water partition coefficient (Wildman–Crippen LogP) is 3.42. The highest BCUT2D eigenvalue weighted by atomic mass is 15.3. The lowest BCUT2D eigenvalue weighted by Crippen LogP contribution is -2.43. The van der Waals surface area contributed by atoms with E-state index in [9.17, 15) is 0 Å². The van der Waals surface area contributed by atoms with Crippen molar-refractivity contribution >= 4 is 5.65 Å². The van der Waals surface area contributed by atoms with Crippen LogP contribution in [0.2, 0.25) is 0 Å². The van der Waals surface area contributed by atoms with Crippen LogP contribution in [0.4, 0.5) is 0 Å². The largest absolute Gasteiger partial charge is 0.307 e. The molecule has 3 rings (SSSR count). The molecule has 0 aliphatic heterocycles. The van der Waals surface area contributed by atoms with Gasteiger partial charge in [0.05, 0.1) is 6.54 Å². The Kier molecular flexibility index (Phi) is 3.52. The highest BCUT2D eigenvalue weighted by Crippen LogP contribution is 2.45. The van der Waals surface area contributed by atoms with Crippen molar-refractivity contribution in [1.29, 1.82) is 0 Å². The number of pyridine rings is 1. The Morgan fingerprint density at radius 2 is 1.86 bits per heavy atom. The molecule has 2 aromatic heterocycles. The monoisotopic (exact) mass is 286 g/mol. The molecule has 2 heterocycles. The molecule has 0 radical (unpaired) electrons. The van der Waals surface area contributed by atoms with Crippen LogP contribution in [0.25, 0.3) is 5.65 Å². The lowest BCUT2D eigenvalue weighted by Gasteiger charge is -2.45. The third kappa shape index (κ3) is 3.26. The molecule has 0 unspecified atom stereocenters. The molecule has 4 heteroatoms. The van der Waals surface area contributed by atoms with Gasteiger partial charge < -0.3 is 5.32 Å². The van der Waals surface area contributed by atoms with E-state index in [-0.39, 0.29) is 0 Å². The summed E-state index contributed by atoms with van der Waals surface area (Å²) in [5, 5.41) is 12.2. The van der Waals surface area contributed by atoms with E-state index in [0.717, 1.165) is 18.0 Å². The van der Waals surface area contributed by atoms with Gasteiger partial charge in [0.15, 0.2) is 11.5 Å². The summed E-state index contributed by atoms with van der Waals surface area (Å²) in [5.41, 5.74) is 1.73. The molecule has 0 bridgehead atoms. The molecule has 1 N–H and O–H groups in total. The standard InChI is InChI=1S/C17H26N4/c1-16(2)9-13(10-17(3,4)12-16)18-11-15-20-19-14-7-5-6-8-21(14)15/h5-8,13,18H,9-12H2,1-4H3. The average molecular weight is 286 g/mol. The number of nitrogens with one attached hydrogen (secondary N) is 1. The third-order valence-corrected chi connectivity index (χ3v) is 4.49. The van der Waals surface area contributed by atoms with Crippen LogP contribution in [0.15, 0.2) is 24.4 Å². The van der Waals surface area contributed by atoms with Gasteiger partial charge in [0.1, 0.15) is 0 Å². The van der Waals surface area contributed by atoms with Crippen LogP contribution in [0.3, 0.4) is 0 Å². The molecule has 1 aliphatic carbocycles. The summed E-state index contributed by atoms with van der Waals surface area (Å²) in [6.07, 6.45) is 5.79. The SMILES string of the molecule is CC1(C)CC(NCc2nnc3ccccn23)CC(C)(C)C1. The summed E-state index contributed by atoms with van der Waals surface area (Å²) in [7, 11) is 0. The normalized spacial score (nSPS) is 21.7. The summed E-state index contributed by atoms with van der Waals surface area (Å²) in [6.45, 7) is 10.3. The van der Waals surface area contributed by atoms with E-state index in [1.807, 2.05) is 24.4 Å². The Morgan fingerprint density at radius 3 is 2.57 bits per heavy atom. The Bertz CT molecular complexity index is 611. The zero-order chi connectivity index (χ0) is 15.1. The van der Waals surface area contributed by atoms with Crippen molar-refractivity contribution in [2.45, 2.75) is 59.5 Å². The van der Waals surface area contributed by atoms with Gasteiger partial charge in [-0.2, -0.15) is 0 Å². The van der Waals surface area contributed by atoms with E-state index in [1.54, 1.807) is 0 Å². The fraction of sp³-hybridized carbons (Fsp3) is 0.647. The lowest BCUT2D eigenvalue weighted by molar-refractivity contribution is 0.0841. The van der Waals surface area contributed by atoms with E-state index in [0.29, 0.717) is 16.9 Å². The zero-order valence-corrected chi connectivity index (χ0v) is 13.6. The molecule has 0 saturated heterocycles. The van der Waals surface area contributed by atoms with Crippen LogP contribution < -0.4 is 5.32 Å². The predicted molar refractivity (Wildman–Crippen MR) is 85.0 cm³/mol. The minimum Gasteiger partial charge on any atom is -0.307 e. The van der Waals surface area contributed by atoms with Crippen LogP contribution in [0, 0.1) is 10.8 Å². The fourth-order valence-electron chi connectivity index (χ4n) is 4.24. The minimum atomic E-state index is 0.409. The van der Waals surface area contributed by atoms with Crippen molar-refractivity contribution in [2.75, 3.05) is 0 Å². The second kappa shape index (κ2) is 5.09. The molecule has 2 aromatic rings. The van der Waals surface area contributed by atoms with Crippen LogP contribution in [-0.4, -0.2) is 20.6 Å². The van der Waals surface area contributed by atoms with E-state index in [4.69, 9.17) is 0 Å². The van der Waals surface area contributed by atoms with Gasteiger partial charge in [-0.15, -0.1) is 10.2 Å². The first-order valence-electron chi connectivity index (χ1n) is 7.87. The number of aromatic nitrogens is 3. The van der Waals surface area contributed by atoms with Gasteiger partial charge in [0, 0.05) is 12.2 Å². The molecule has 4 nitrogen and oxygen atoms in total. The van der Waals surface area contributed by atoms with Crippen LogP contribution in [0.1, 0.15) is 52.8 Å². The number of hydrogen-bond donors (Lipinski definition) is 1. The van der Waals surface area contributed by atoms with Gasteiger partial charge in [-0.1, -0.05) is 33.8 Å². The Morgan fingerprint density at radius 1 is 1.14 bits per heavy atom. The molecule has 114 valence electrons. The molecule has 0 atom stereocenters. The molecule has 0 aromatic carbocycles. The number of fused-ring (bicyclic) bond motifs is 1. The Labute approximate surface area is 127 Å². The second-order valence-corrected chi connectivity index (χ2v) is 8.04. The summed E-state index contributed by atoms with van der Waals surface area (Å²) < 4.78 is 2.06. The zero-order valence-electron chi connectivity index (χ0n) is 13.6. The average Bonchev–Trinajstić information content (AvgIpc) is 2.76. The number of rotatable bonds is 3. The summed E-state index contributed by atoms with van der Waals surface area (Å²) in [4.78, 5) is 0. The second-order valence-electron chi connectivity index (χ2n) is 8.04. The van der Waals surface area contributed by atoms with Crippen molar-refractivity contribution in [3.05, 3.63) is 30.2 Å². The molecule has 1 aliphatic rings. The Balaban J connectivity index is 1.70. The molecule has 0 amide bonds. The molecule has 21 heavy (non-hydrogen) atoms. The van der Waals surface area contributed by atoms with Crippen molar-refractivity contribution in [3.63, 3.8) is 0 Å². The van der Waals surface area contributed by atoms with Gasteiger partial charge in [0.25, 0.3) is 0 Å². The molecule has 1 fully saturated rings. The van der Waals surface area contributed by atoms with Gasteiger partial charge in [0.2, 0.25) is 0 Å². The topological polar surface area (TPSA) is 42.2 Å². The minimum absolute atomic E-state index is 0.409. The molecule has 1 saturated carbocycles. The van der Waals surface area contributed by atoms with E-state index in [2.05, 4.69) is 47.6 Å². The molecular formula is C17H26N4. The van der Waals surface area contributed by atoms with Gasteiger partial charge in [-0.25, -0.2) is 0 Å². The first kappa shape index (κ1) is 14.5. The summed E-state index contributed by atoms with van der Waals surface area (Å²) in [5.74, 6) is 0.992.